The van der Waals surface area contributed by atoms with E-state index < -0.39 is 12.1 Å². The molecule has 32 heavy (non-hydrogen) atoms. The fourth-order valence-electron chi connectivity index (χ4n) is 3.90. The lowest BCUT2D eigenvalue weighted by molar-refractivity contribution is -0.192. The van der Waals surface area contributed by atoms with Crippen molar-refractivity contribution in [2.24, 2.45) is 11.8 Å². The van der Waals surface area contributed by atoms with Crippen molar-refractivity contribution in [3.05, 3.63) is 57.8 Å². The number of nitrogens with one attached hydrogen (secondary N) is 1. The average Bonchev–Trinajstić information content (AvgIpc) is 3.44. The summed E-state index contributed by atoms with van der Waals surface area (Å²) in [7, 11) is 0. The van der Waals surface area contributed by atoms with Crippen LogP contribution in [-0.2, 0) is 16.1 Å². The van der Waals surface area contributed by atoms with Crippen LogP contribution in [-0.4, -0.2) is 60.4 Å². The van der Waals surface area contributed by atoms with Crippen LogP contribution >= 0.6 is 11.3 Å². The van der Waals surface area contributed by atoms with Crippen LogP contribution in [0, 0.1) is 18.8 Å². The smallest absolute Gasteiger partial charge is 0.475 e. The van der Waals surface area contributed by atoms with Crippen LogP contribution in [0.1, 0.15) is 20.8 Å². The van der Waals surface area contributed by atoms with Crippen molar-refractivity contribution in [3.8, 4) is 0 Å². The van der Waals surface area contributed by atoms with Crippen molar-refractivity contribution >= 4 is 23.2 Å². The first kappa shape index (κ1) is 24.2. The van der Waals surface area contributed by atoms with Gasteiger partial charge < -0.3 is 15.2 Å². The first-order chi connectivity index (χ1) is 15.1. The molecule has 0 bridgehead atoms. The highest BCUT2D eigenvalue weighted by molar-refractivity contribution is 7.10. The van der Waals surface area contributed by atoms with Crippen molar-refractivity contribution in [2.45, 2.75) is 25.7 Å². The fourth-order valence-corrected chi connectivity index (χ4v) is 4.85. The number of halogens is 3. The Morgan fingerprint density at radius 2 is 1.91 bits per heavy atom. The van der Waals surface area contributed by atoms with Gasteiger partial charge in [0.15, 0.2) is 0 Å². The SMILES string of the molecule is Cc1ccsc1CN1C[C@@H]2[C@@H](CNC(=O)c3ccccc3)CO[C@@H]2C1.O=C(O)C(F)(F)F. The van der Waals surface area contributed by atoms with Crippen molar-refractivity contribution < 1.29 is 32.6 Å². The molecule has 4 rings (SSSR count). The third kappa shape index (κ3) is 6.30. The molecular formula is C22H25F3N2O4S. The Labute approximate surface area is 188 Å². The first-order valence-electron chi connectivity index (χ1n) is 10.2. The highest BCUT2D eigenvalue weighted by Gasteiger charge is 2.43. The van der Waals surface area contributed by atoms with Crippen molar-refractivity contribution in [2.75, 3.05) is 26.2 Å². The number of aliphatic carboxylic acids is 1. The normalized spacial score (nSPS) is 22.7. The zero-order valence-electron chi connectivity index (χ0n) is 17.5. The second-order valence-corrected chi connectivity index (χ2v) is 8.90. The molecule has 2 fully saturated rings. The van der Waals surface area contributed by atoms with E-state index in [-0.39, 0.29) is 5.91 Å². The van der Waals surface area contributed by atoms with Crippen LogP contribution in [0.5, 0.6) is 0 Å². The summed E-state index contributed by atoms with van der Waals surface area (Å²) in [5, 5.41) is 12.4. The third-order valence-electron chi connectivity index (χ3n) is 5.65. The van der Waals surface area contributed by atoms with E-state index in [1.165, 1.54) is 10.4 Å². The molecule has 0 unspecified atom stereocenters. The average molecular weight is 471 g/mol. The number of ether oxygens (including phenoxy) is 1. The maximum atomic E-state index is 12.2. The van der Waals surface area contributed by atoms with E-state index in [0.29, 0.717) is 24.5 Å². The molecule has 1 amide bonds. The lowest BCUT2D eigenvalue weighted by Crippen LogP contribution is -2.34. The van der Waals surface area contributed by atoms with Crippen LogP contribution in [0.4, 0.5) is 13.2 Å². The van der Waals surface area contributed by atoms with E-state index in [2.05, 4.69) is 28.6 Å². The molecular weight excluding hydrogens is 445 g/mol. The Morgan fingerprint density at radius 1 is 1.22 bits per heavy atom. The number of amides is 1. The zero-order valence-corrected chi connectivity index (χ0v) is 18.3. The Kier molecular flexibility index (Phi) is 7.91. The van der Waals surface area contributed by atoms with Gasteiger partial charge in [0, 0.05) is 48.5 Å². The summed E-state index contributed by atoms with van der Waals surface area (Å²) in [5.74, 6) is -1.82. The van der Waals surface area contributed by atoms with Crippen molar-refractivity contribution in [1.82, 2.24) is 10.2 Å². The molecule has 0 spiro atoms. The predicted octanol–water partition coefficient (Wildman–Crippen LogP) is 3.57. The first-order valence-corrected chi connectivity index (χ1v) is 11.0. The number of carbonyl (C=O) groups is 2. The number of aryl methyl sites for hydroxylation is 1. The Bertz CT molecular complexity index is 919. The van der Waals surface area contributed by atoms with Crippen LogP contribution in [0.15, 0.2) is 41.8 Å². The number of carboxylic acid groups (broad SMARTS) is 1. The predicted molar refractivity (Wildman–Crippen MR) is 114 cm³/mol. The van der Waals surface area contributed by atoms with Gasteiger partial charge in [0.2, 0.25) is 0 Å². The molecule has 2 aliphatic rings. The number of carboxylic acids is 1. The highest BCUT2D eigenvalue weighted by atomic mass is 32.1. The lowest BCUT2D eigenvalue weighted by atomic mass is 9.93. The van der Waals surface area contributed by atoms with E-state index in [4.69, 9.17) is 14.6 Å². The molecule has 6 nitrogen and oxygen atoms in total. The van der Waals surface area contributed by atoms with Crippen LogP contribution in [0.25, 0.3) is 0 Å². The summed E-state index contributed by atoms with van der Waals surface area (Å²) in [5.41, 5.74) is 2.11. The Hall–Kier alpha value is -2.43. The van der Waals surface area contributed by atoms with Crippen LogP contribution in [0.2, 0.25) is 0 Å². The number of thiophene rings is 1. The molecule has 2 aromatic rings. The monoisotopic (exact) mass is 470 g/mol. The molecule has 1 aromatic heterocycles. The highest BCUT2D eigenvalue weighted by Crippen LogP contribution is 2.34. The number of likely N-dealkylation sites (tertiary alicyclic amines) is 1. The Balaban J connectivity index is 0.000000360. The number of carbonyl (C=O) groups excluding carboxylic acids is 1. The van der Waals surface area contributed by atoms with Crippen molar-refractivity contribution in [1.29, 1.82) is 0 Å². The number of hydrogen-bond acceptors (Lipinski definition) is 5. The van der Waals surface area contributed by atoms with E-state index in [0.717, 1.165) is 31.8 Å². The number of hydrogen-bond donors (Lipinski definition) is 2. The lowest BCUT2D eigenvalue weighted by Gasteiger charge is -2.20. The van der Waals surface area contributed by atoms with Crippen LogP contribution < -0.4 is 5.32 Å². The van der Waals surface area contributed by atoms with Gasteiger partial charge in [-0.05, 0) is 36.1 Å². The molecule has 0 radical (unpaired) electrons. The number of nitrogens with zero attached hydrogens (tertiary/aromatic N) is 1. The Morgan fingerprint density at radius 3 is 2.50 bits per heavy atom. The molecule has 1 aromatic carbocycles. The number of alkyl halides is 3. The van der Waals surface area contributed by atoms with Gasteiger partial charge in [-0.3, -0.25) is 9.69 Å². The summed E-state index contributed by atoms with van der Waals surface area (Å²) in [6, 6.07) is 11.6. The largest absolute Gasteiger partial charge is 0.490 e. The van der Waals surface area contributed by atoms with Crippen molar-refractivity contribution in [3.63, 3.8) is 0 Å². The van der Waals surface area contributed by atoms with Gasteiger partial charge >= 0.3 is 12.1 Å². The fraction of sp³-hybridized carbons (Fsp3) is 0.455. The molecule has 0 saturated carbocycles. The topological polar surface area (TPSA) is 78.9 Å². The summed E-state index contributed by atoms with van der Waals surface area (Å²) in [6.45, 7) is 6.72. The van der Waals surface area contributed by atoms with Gasteiger partial charge in [0.05, 0.1) is 12.7 Å². The van der Waals surface area contributed by atoms with E-state index >= 15 is 0 Å². The summed E-state index contributed by atoms with van der Waals surface area (Å²) in [6.07, 6.45) is -4.76. The second kappa shape index (κ2) is 10.5. The third-order valence-corrected chi connectivity index (χ3v) is 6.66. The van der Waals surface area contributed by atoms with E-state index in [9.17, 15) is 18.0 Å². The molecule has 2 aliphatic heterocycles. The molecule has 2 N–H and O–H groups in total. The van der Waals surface area contributed by atoms with E-state index in [1.54, 1.807) is 0 Å². The van der Waals surface area contributed by atoms with Gasteiger partial charge in [-0.25, -0.2) is 4.79 Å². The number of benzene rings is 1. The summed E-state index contributed by atoms with van der Waals surface area (Å²) >= 11 is 1.84. The number of rotatable bonds is 5. The molecule has 0 aliphatic carbocycles. The molecule has 174 valence electrons. The van der Waals surface area contributed by atoms with Gasteiger partial charge in [-0.1, -0.05) is 18.2 Å². The van der Waals surface area contributed by atoms with Gasteiger partial charge in [-0.2, -0.15) is 13.2 Å². The van der Waals surface area contributed by atoms with E-state index in [1.807, 2.05) is 41.7 Å². The quantitative estimate of drug-likeness (QED) is 0.699. The van der Waals surface area contributed by atoms with Gasteiger partial charge in [0.1, 0.15) is 0 Å². The summed E-state index contributed by atoms with van der Waals surface area (Å²) in [4.78, 5) is 25.1. The second-order valence-electron chi connectivity index (χ2n) is 7.90. The minimum atomic E-state index is -5.08. The number of fused-ring (bicyclic) bond motifs is 1. The van der Waals surface area contributed by atoms with Crippen LogP contribution in [0.3, 0.4) is 0 Å². The minimum Gasteiger partial charge on any atom is -0.475 e. The maximum Gasteiger partial charge on any atom is 0.490 e. The molecule has 2 saturated heterocycles. The summed E-state index contributed by atoms with van der Waals surface area (Å²) < 4.78 is 37.8. The standard InChI is InChI=1S/C20H24N2O2S.C2HF3O2/c1-14-7-8-25-19(14)12-22-10-17-16(13-24-18(17)11-22)9-21-20(23)15-5-3-2-4-6-15;3-2(4,5)1(6)7/h2-8,16-18H,9-13H2,1H3,(H,21,23);(H,6,7)/t16-,17+,18+;/m0./s1. The minimum absolute atomic E-state index is 0.00751. The molecule has 3 atom stereocenters. The molecule has 10 heteroatoms. The maximum absolute atomic E-state index is 12.2. The van der Waals surface area contributed by atoms with Gasteiger partial charge in [-0.15, -0.1) is 11.3 Å². The molecule has 3 heterocycles. The van der Waals surface area contributed by atoms with Gasteiger partial charge in [0.25, 0.3) is 5.91 Å². The zero-order chi connectivity index (χ0) is 23.3.